The largest absolute Gasteiger partial charge is 0.467 e. The van der Waals surface area contributed by atoms with E-state index in [0.717, 1.165) is 18.1 Å². The molecule has 4 heteroatoms. The summed E-state index contributed by atoms with van der Waals surface area (Å²) in [6.45, 7) is 1.58. The normalized spacial score (nSPS) is 14.9. The lowest BCUT2D eigenvalue weighted by Gasteiger charge is -2.11. The van der Waals surface area contributed by atoms with Gasteiger partial charge in [0.2, 0.25) is 0 Å². The third-order valence-corrected chi connectivity index (χ3v) is 2.74. The molecule has 0 aromatic heterocycles. The van der Waals surface area contributed by atoms with Gasteiger partial charge in [-0.15, -0.1) is 0 Å². The van der Waals surface area contributed by atoms with Crippen molar-refractivity contribution in [2.75, 3.05) is 20.4 Å². The Morgan fingerprint density at radius 2 is 2.24 bits per heavy atom. The maximum atomic E-state index is 13.1. The Balaban J connectivity index is 1.84. The average Bonchev–Trinajstić information content (AvgIpc) is 3.11. The van der Waals surface area contributed by atoms with Crippen LogP contribution in [0.5, 0.6) is 5.75 Å². The summed E-state index contributed by atoms with van der Waals surface area (Å²) in [6.07, 6.45) is 2.53. The molecule has 0 atom stereocenters. The van der Waals surface area contributed by atoms with Crippen molar-refractivity contribution in [1.29, 1.82) is 0 Å². The molecule has 0 radical (unpaired) electrons. The van der Waals surface area contributed by atoms with Gasteiger partial charge in [-0.2, -0.15) is 0 Å². The van der Waals surface area contributed by atoms with Gasteiger partial charge in [0.1, 0.15) is 11.6 Å². The van der Waals surface area contributed by atoms with E-state index in [-0.39, 0.29) is 12.6 Å². The first kappa shape index (κ1) is 12.3. The van der Waals surface area contributed by atoms with Crippen LogP contribution in [-0.4, -0.2) is 20.4 Å². The smallest absolute Gasteiger partial charge is 0.189 e. The lowest BCUT2D eigenvalue weighted by molar-refractivity contribution is 0.00938. The fourth-order valence-corrected chi connectivity index (χ4v) is 1.62. The van der Waals surface area contributed by atoms with Crippen molar-refractivity contribution in [3.05, 3.63) is 29.6 Å². The molecule has 2 rings (SSSR count). The zero-order valence-electron chi connectivity index (χ0n) is 10.0. The van der Waals surface area contributed by atoms with E-state index in [2.05, 4.69) is 5.32 Å². The molecule has 0 spiro atoms. The van der Waals surface area contributed by atoms with E-state index in [1.54, 1.807) is 6.07 Å². The number of benzene rings is 1. The van der Waals surface area contributed by atoms with Crippen LogP contribution in [0.25, 0.3) is 0 Å². The summed E-state index contributed by atoms with van der Waals surface area (Å²) in [4.78, 5) is 0. The number of halogens is 1. The minimum absolute atomic E-state index is 0.235. The average molecular weight is 239 g/mol. The Bertz CT molecular complexity index is 366. The molecule has 17 heavy (non-hydrogen) atoms. The third kappa shape index (κ3) is 3.98. The molecule has 1 fully saturated rings. The molecule has 1 aromatic rings. The first-order chi connectivity index (χ1) is 8.29. The number of hydrogen-bond acceptors (Lipinski definition) is 3. The van der Waals surface area contributed by atoms with Gasteiger partial charge in [-0.3, -0.25) is 0 Å². The molecule has 1 aromatic carbocycles. The SMILES string of the molecule is CNCc1cc(F)ccc1OCOCC1CC1. The summed E-state index contributed by atoms with van der Waals surface area (Å²) in [5.41, 5.74) is 0.808. The number of ether oxygens (including phenoxy) is 2. The molecule has 94 valence electrons. The van der Waals surface area contributed by atoms with Crippen LogP contribution in [0.4, 0.5) is 4.39 Å². The van der Waals surface area contributed by atoms with Gasteiger partial charge in [-0.1, -0.05) is 0 Å². The summed E-state index contributed by atoms with van der Waals surface area (Å²) in [7, 11) is 1.82. The van der Waals surface area contributed by atoms with Crippen molar-refractivity contribution in [2.24, 2.45) is 5.92 Å². The van der Waals surface area contributed by atoms with Gasteiger partial charge < -0.3 is 14.8 Å². The highest BCUT2D eigenvalue weighted by atomic mass is 19.1. The quantitative estimate of drug-likeness (QED) is 0.585. The second kappa shape index (κ2) is 5.98. The molecule has 0 heterocycles. The van der Waals surface area contributed by atoms with Crippen molar-refractivity contribution in [3.8, 4) is 5.75 Å². The van der Waals surface area contributed by atoms with Crippen LogP contribution in [0, 0.1) is 11.7 Å². The zero-order valence-corrected chi connectivity index (χ0v) is 10.0. The molecule has 1 saturated carbocycles. The first-order valence-electron chi connectivity index (χ1n) is 5.93. The second-order valence-corrected chi connectivity index (χ2v) is 4.36. The maximum absolute atomic E-state index is 13.1. The molecule has 1 N–H and O–H groups in total. The highest BCUT2D eigenvalue weighted by Gasteiger charge is 2.21. The lowest BCUT2D eigenvalue weighted by Crippen LogP contribution is -2.10. The monoisotopic (exact) mass is 239 g/mol. The summed E-state index contributed by atoms with van der Waals surface area (Å²) in [6, 6.07) is 4.52. The summed E-state index contributed by atoms with van der Waals surface area (Å²) >= 11 is 0. The van der Waals surface area contributed by atoms with Crippen LogP contribution >= 0.6 is 0 Å². The highest BCUT2D eigenvalue weighted by molar-refractivity contribution is 5.33. The predicted molar refractivity (Wildman–Crippen MR) is 63.3 cm³/mol. The molecular weight excluding hydrogens is 221 g/mol. The van der Waals surface area contributed by atoms with E-state index in [1.807, 2.05) is 7.05 Å². The molecule has 0 aliphatic heterocycles. The van der Waals surface area contributed by atoms with Crippen LogP contribution in [0.3, 0.4) is 0 Å². The molecule has 0 bridgehead atoms. The third-order valence-electron chi connectivity index (χ3n) is 2.74. The Hall–Kier alpha value is -1.13. The minimum atomic E-state index is -0.249. The number of rotatable bonds is 7. The second-order valence-electron chi connectivity index (χ2n) is 4.36. The topological polar surface area (TPSA) is 30.5 Å². The van der Waals surface area contributed by atoms with Crippen molar-refractivity contribution in [1.82, 2.24) is 5.32 Å². The van der Waals surface area contributed by atoms with E-state index in [1.165, 1.54) is 25.0 Å². The van der Waals surface area contributed by atoms with E-state index >= 15 is 0 Å². The van der Waals surface area contributed by atoms with Crippen molar-refractivity contribution in [3.63, 3.8) is 0 Å². The molecule has 0 unspecified atom stereocenters. The van der Waals surface area contributed by atoms with Gasteiger partial charge in [0.05, 0.1) is 6.61 Å². The highest BCUT2D eigenvalue weighted by Crippen LogP contribution is 2.28. The van der Waals surface area contributed by atoms with E-state index < -0.39 is 0 Å². The van der Waals surface area contributed by atoms with Crippen LogP contribution in [0.1, 0.15) is 18.4 Å². The maximum Gasteiger partial charge on any atom is 0.189 e. The van der Waals surface area contributed by atoms with Crippen LogP contribution in [0.15, 0.2) is 18.2 Å². The lowest BCUT2D eigenvalue weighted by atomic mass is 10.2. The van der Waals surface area contributed by atoms with Crippen LogP contribution < -0.4 is 10.1 Å². The fourth-order valence-electron chi connectivity index (χ4n) is 1.62. The summed E-state index contributed by atoms with van der Waals surface area (Å²) < 4.78 is 23.9. The van der Waals surface area contributed by atoms with Gasteiger partial charge in [-0.05, 0) is 44.0 Å². The first-order valence-corrected chi connectivity index (χ1v) is 5.93. The Labute approximate surface area is 101 Å². The van der Waals surface area contributed by atoms with Crippen LogP contribution in [-0.2, 0) is 11.3 Å². The number of nitrogens with one attached hydrogen (secondary N) is 1. The van der Waals surface area contributed by atoms with E-state index in [4.69, 9.17) is 9.47 Å². The summed E-state index contributed by atoms with van der Waals surface area (Å²) in [5, 5.41) is 2.98. The molecule has 1 aliphatic rings. The van der Waals surface area contributed by atoms with Crippen molar-refractivity contribution < 1.29 is 13.9 Å². The predicted octanol–water partition coefficient (Wildman–Crippen LogP) is 2.31. The number of hydrogen-bond donors (Lipinski definition) is 1. The fraction of sp³-hybridized carbons (Fsp3) is 0.538. The Kier molecular flexibility index (Phi) is 4.34. The van der Waals surface area contributed by atoms with Gasteiger partial charge >= 0.3 is 0 Å². The van der Waals surface area contributed by atoms with Gasteiger partial charge in [-0.25, -0.2) is 4.39 Å². The molecular formula is C13H18FNO2. The Morgan fingerprint density at radius 3 is 2.94 bits per heavy atom. The van der Waals surface area contributed by atoms with Crippen LogP contribution in [0.2, 0.25) is 0 Å². The molecule has 3 nitrogen and oxygen atoms in total. The zero-order chi connectivity index (χ0) is 12.1. The molecule has 1 aliphatic carbocycles. The van der Waals surface area contributed by atoms with Gasteiger partial charge in [0, 0.05) is 12.1 Å². The Morgan fingerprint density at radius 1 is 1.41 bits per heavy atom. The van der Waals surface area contributed by atoms with Gasteiger partial charge in [0.25, 0.3) is 0 Å². The molecule has 0 saturated heterocycles. The van der Waals surface area contributed by atoms with Gasteiger partial charge in [0.15, 0.2) is 6.79 Å². The summed E-state index contributed by atoms with van der Waals surface area (Å²) in [5.74, 6) is 1.15. The van der Waals surface area contributed by atoms with E-state index in [0.29, 0.717) is 12.3 Å². The standard InChI is InChI=1S/C13H18FNO2/c1-15-7-11-6-12(14)4-5-13(11)17-9-16-8-10-2-3-10/h4-6,10,15H,2-3,7-9H2,1H3. The molecule has 0 amide bonds. The minimum Gasteiger partial charge on any atom is -0.467 e. The van der Waals surface area contributed by atoms with E-state index in [9.17, 15) is 4.39 Å². The van der Waals surface area contributed by atoms with Crippen molar-refractivity contribution in [2.45, 2.75) is 19.4 Å². The van der Waals surface area contributed by atoms with Crippen molar-refractivity contribution >= 4 is 0 Å².